The second-order valence-corrected chi connectivity index (χ2v) is 7.95. The van der Waals surface area contributed by atoms with Gasteiger partial charge in [0, 0.05) is 36.9 Å². The molecule has 142 valence electrons. The zero-order chi connectivity index (χ0) is 18.6. The van der Waals surface area contributed by atoms with Gasteiger partial charge in [-0.25, -0.2) is 0 Å². The van der Waals surface area contributed by atoms with Crippen molar-refractivity contribution < 1.29 is 4.79 Å². The molecule has 1 aromatic carbocycles. The quantitative estimate of drug-likeness (QED) is 0.828. The maximum atomic E-state index is 12.7. The van der Waals surface area contributed by atoms with Gasteiger partial charge in [-0.2, -0.15) is 0 Å². The number of carbonyl (C=O) groups excluding carboxylic acids is 1. The molecule has 0 bridgehead atoms. The van der Waals surface area contributed by atoms with Crippen molar-refractivity contribution in [2.75, 3.05) is 18.0 Å². The van der Waals surface area contributed by atoms with E-state index in [0.717, 1.165) is 31.1 Å². The minimum atomic E-state index is -0.0545. The van der Waals surface area contributed by atoms with Gasteiger partial charge < -0.3 is 10.2 Å². The minimum absolute atomic E-state index is 0.0545. The molecule has 1 aliphatic heterocycles. The highest BCUT2D eigenvalue weighted by Crippen LogP contribution is 2.40. The van der Waals surface area contributed by atoms with Crippen molar-refractivity contribution in [2.24, 2.45) is 5.92 Å². The van der Waals surface area contributed by atoms with E-state index in [1.165, 1.54) is 31.2 Å². The number of carbonyl (C=O) groups is 1. The lowest BCUT2D eigenvalue weighted by molar-refractivity contribution is 0.0945. The number of hydrogen-bond donors (Lipinski definition) is 1. The minimum Gasteiger partial charge on any atom is -0.371 e. The third kappa shape index (κ3) is 4.32. The van der Waals surface area contributed by atoms with Crippen molar-refractivity contribution in [3.8, 4) is 0 Å². The van der Waals surface area contributed by atoms with Gasteiger partial charge in [-0.05, 0) is 42.9 Å². The first-order valence-corrected chi connectivity index (χ1v) is 10.3. The summed E-state index contributed by atoms with van der Waals surface area (Å²) in [6, 6.07) is 14.6. The van der Waals surface area contributed by atoms with Crippen molar-refractivity contribution in [1.82, 2.24) is 10.3 Å². The van der Waals surface area contributed by atoms with E-state index in [0.29, 0.717) is 11.6 Å². The van der Waals surface area contributed by atoms with Gasteiger partial charge in [-0.1, -0.05) is 50.1 Å². The van der Waals surface area contributed by atoms with Gasteiger partial charge >= 0.3 is 0 Å². The molecule has 2 fully saturated rings. The summed E-state index contributed by atoms with van der Waals surface area (Å²) in [6.45, 7) is 4.42. The van der Waals surface area contributed by atoms with Crippen molar-refractivity contribution in [1.29, 1.82) is 0 Å². The fourth-order valence-electron chi connectivity index (χ4n) is 4.29. The Hall–Kier alpha value is -2.36. The first kappa shape index (κ1) is 18.0. The molecule has 2 atom stereocenters. The molecule has 4 nitrogen and oxygen atoms in total. The highest BCUT2D eigenvalue weighted by atomic mass is 16.2. The summed E-state index contributed by atoms with van der Waals surface area (Å²) >= 11 is 0. The Labute approximate surface area is 162 Å². The van der Waals surface area contributed by atoms with Crippen molar-refractivity contribution in [3.05, 3.63) is 59.9 Å². The zero-order valence-electron chi connectivity index (χ0n) is 16.1. The summed E-state index contributed by atoms with van der Waals surface area (Å²) in [4.78, 5) is 19.4. The number of anilines is 1. The number of benzene rings is 1. The Morgan fingerprint density at radius 2 is 1.96 bits per heavy atom. The third-order valence-corrected chi connectivity index (χ3v) is 5.99. The number of nitrogens with zero attached hydrogens (tertiary/aromatic N) is 2. The van der Waals surface area contributed by atoms with Crippen LogP contribution < -0.4 is 10.2 Å². The summed E-state index contributed by atoms with van der Waals surface area (Å²) in [5, 5.41) is 3.15. The maximum Gasteiger partial charge on any atom is 0.270 e. The van der Waals surface area contributed by atoms with Gasteiger partial charge in [0.1, 0.15) is 5.69 Å². The van der Waals surface area contributed by atoms with Crippen LogP contribution in [0, 0.1) is 5.92 Å². The normalized spacial score (nSPS) is 22.5. The largest absolute Gasteiger partial charge is 0.371 e. The number of amides is 1. The molecule has 1 saturated heterocycles. The van der Waals surface area contributed by atoms with Crippen LogP contribution in [0.2, 0.25) is 0 Å². The molecule has 4 rings (SSSR count). The predicted octanol–water partition coefficient (Wildman–Crippen LogP) is 4.38. The van der Waals surface area contributed by atoms with E-state index in [4.69, 9.17) is 0 Å². The van der Waals surface area contributed by atoms with E-state index in [1.807, 2.05) is 18.2 Å². The monoisotopic (exact) mass is 363 g/mol. The van der Waals surface area contributed by atoms with Crippen LogP contribution in [0.5, 0.6) is 0 Å². The molecular formula is C23H29N3O. The fraction of sp³-hybridized carbons (Fsp3) is 0.478. The molecule has 2 heterocycles. The SMILES string of the molecule is CCCC1CCN(c2ccnc(C(=O)N[C@@H]3C[C@H]3c3ccccc3)c2)CC1. The zero-order valence-corrected chi connectivity index (χ0v) is 16.1. The number of piperidine rings is 1. The molecular weight excluding hydrogens is 334 g/mol. The topological polar surface area (TPSA) is 45.2 Å². The van der Waals surface area contributed by atoms with E-state index in [1.54, 1.807) is 6.20 Å². The molecule has 4 heteroatoms. The predicted molar refractivity (Wildman–Crippen MR) is 109 cm³/mol. The molecule has 0 spiro atoms. The van der Waals surface area contributed by atoms with Crippen LogP contribution in [-0.2, 0) is 0 Å². The smallest absolute Gasteiger partial charge is 0.270 e. The summed E-state index contributed by atoms with van der Waals surface area (Å²) in [5.41, 5.74) is 2.96. The van der Waals surface area contributed by atoms with Crippen molar-refractivity contribution in [3.63, 3.8) is 0 Å². The lowest BCUT2D eigenvalue weighted by Crippen LogP contribution is -2.34. The van der Waals surface area contributed by atoms with E-state index in [2.05, 4.69) is 46.4 Å². The molecule has 1 aliphatic carbocycles. The molecule has 0 radical (unpaired) electrons. The van der Waals surface area contributed by atoms with Gasteiger partial charge in [0.15, 0.2) is 0 Å². The Balaban J connectivity index is 1.35. The number of nitrogens with one attached hydrogen (secondary N) is 1. The number of pyridine rings is 1. The average Bonchev–Trinajstić information content (AvgIpc) is 3.49. The molecule has 0 unspecified atom stereocenters. The summed E-state index contributed by atoms with van der Waals surface area (Å²) in [7, 11) is 0. The Morgan fingerprint density at radius 3 is 2.70 bits per heavy atom. The lowest BCUT2D eigenvalue weighted by Gasteiger charge is -2.33. The van der Waals surface area contributed by atoms with Crippen LogP contribution in [0.15, 0.2) is 48.7 Å². The van der Waals surface area contributed by atoms with E-state index in [-0.39, 0.29) is 11.9 Å². The van der Waals surface area contributed by atoms with E-state index in [9.17, 15) is 4.79 Å². The van der Waals surface area contributed by atoms with Crippen LogP contribution >= 0.6 is 0 Å². The van der Waals surface area contributed by atoms with Crippen LogP contribution in [0.1, 0.15) is 61.0 Å². The third-order valence-electron chi connectivity index (χ3n) is 5.99. The Bertz CT molecular complexity index is 768. The molecule has 1 amide bonds. The second kappa shape index (κ2) is 8.12. The molecule has 1 N–H and O–H groups in total. The van der Waals surface area contributed by atoms with Crippen LogP contribution in [0.25, 0.3) is 0 Å². The fourth-order valence-corrected chi connectivity index (χ4v) is 4.29. The van der Waals surface area contributed by atoms with Crippen LogP contribution in [0.4, 0.5) is 5.69 Å². The molecule has 1 saturated carbocycles. The van der Waals surface area contributed by atoms with E-state index < -0.39 is 0 Å². The maximum absolute atomic E-state index is 12.7. The van der Waals surface area contributed by atoms with Gasteiger partial charge in [-0.15, -0.1) is 0 Å². The molecule has 2 aromatic rings. The van der Waals surface area contributed by atoms with Crippen molar-refractivity contribution >= 4 is 11.6 Å². The standard InChI is InChI=1S/C23H29N3O/c1-2-6-17-10-13-26(14-11-17)19-9-12-24-22(15-19)23(27)25-21-16-20(21)18-7-4-3-5-8-18/h3-5,7-9,12,15,17,20-21H,2,6,10-11,13-14,16H2,1H3,(H,25,27)/t20-,21+/m0/s1. The van der Waals surface area contributed by atoms with Crippen LogP contribution in [-0.4, -0.2) is 30.0 Å². The Morgan fingerprint density at radius 1 is 1.19 bits per heavy atom. The number of hydrogen-bond acceptors (Lipinski definition) is 3. The highest BCUT2D eigenvalue weighted by molar-refractivity contribution is 5.93. The van der Waals surface area contributed by atoms with Crippen molar-refractivity contribution in [2.45, 2.75) is 51.0 Å². The lowest BCUT2D eigenvalue weighted by atomic mass is 9.92. The van der Waals surface area contributed by atoms with Gasteiger partial charge in [0.05, 0.1) is 0 Å². The van der Waals surface area contributed by atoms with Gasteiger partial charge in [-0.3, -0.25) is 9.78 Å². The van der Waals surface area contributed by atoms with E-state index >= 15 is 0 Å². The second-order valence-electron chi connectivity index (χ2n) is 7.95. The summed E-state index contributed by atoms with van der Waals surface area (Å²) in [6.07, 6.45) is 7.89. The van der Waals surface area contributed by atoms with Gasteiger partial charge in [0.25, 0.3) is 5.91 Å². The number of aromatic nitrogens is 1. The first-order chi connectivity index (χ1) is 13.2. The average molecular weight is 364 g/mol. The highest BCUT2D eigenvalue weighted by Gasteiger charge is 2.39. The Kier molecular flexibility index (Phi) is 5.42. The first-order valence-electron chi connectivity index (χ1n) is 10.3. The number of rotatable bonds is 6. The van der Waals surface area contributed by atoms with Crippen LogP contribution in [0.3, 0.4) is 0 Å². The molecule has 27 heavy (non-hydrogen) atoms. The molecule has 2 aliphatic rings. The summed E-state index contributed by atoms with van der Waals surface area (Å²) < 4.78 is 0. The molecule has 1 aromatic heterocycles. The van der Waals surface area contributed by atoms with Gasteiger partial charge in [0.2, 0.25) is 0 Å². The summed E-state index contributed by atoms with van der Waals surface area (Å²) in [5.74, 6) is 1.25.